The predicted molar refractivity (Wildman–Crippen MR) is 158 cm³/mol. The summed E-state index contributed by atoms with van der Waals surface area (Å²) in [6.45, 7) is 8.49. The van der Waals surface area contributed by atoms with Gasteiger partial charge in [0.2, 0.25) is 5.91 Å². The molecule has 0 saturated carbocycles. The monoisotopic (exact) mass is 580 g/mol. The average molecular weight is 581 g/mol. The van der Waals surface area contributed by atoms with Crippen molar-refractivity contribution in [3.63, 3.8) is 0 Å². The van der Waals surface area contributed by atoms with Gasteiger partial charge in [-0.3, -0.25) is 9.59 Å². The van der Waals surface area contributed by atoms with E-state index in [0.29, 0.717) is 37.3 Å². The van der Waals surface area contributed by atoms with Gasteiger partial charge in [0, 0.05) is 37.4 Å². The van der Waals surface area contributed by atoms with Gasteiger partial charge in [-0.05, 0) is 89.1 Å². The third-order valence-corrected chi connectivity index (χ3v) is 7.69. The molecule has 4 amide bonds. The Bertz CT molecular complexity index is 1290. The van der Waals surface area contributed by atoms with Crippen LogP contribution in [0, 0.1) is 17.7 Å². The SMILES string of the molecule is CC(=O)c1cccc(NC(=O)NC2CN(C(=O)OC(C)(C)C)CCC2C(=O)N2CCCC(Cc3ccc(F)cc3)C2)c1. The van der Waals surface area contributed by atoms with E-state index >= 15 is 0 Å². The lowest BCUT2D eigenvalue weighted by Gasteiger charge is -2.42. The average Bonchev–Trinajstić information content (AvgIpc) is 2.93. The fourth-order valence-electron chi connectivity index (χ4n) is 5.66. The first-order valence-electron chi connectivity index (χ1n) is 14.6. The van der Waals surface area contributed by atoms with Crippen molar-refractivity contribution in [2.24, 2.45) is 11.8 Å². The number of rotatable bonds is 6. The molecule has 2 heterocycles. The number of ether oxygens (including phenoxy) is 1. The van der Waals surface area contributed by atoms with Gasteiger partial charge in [0.05, 0.1) is 12.0 Å². The molecule has 0 bridgehead atoms. The van der Waals surface area contributed by atoms with Crippen molar-refractivity contribution in [2.75, 3.05) is 31.5 Å². The molecule has 2 N–H and O–H groups in total. The van der Waals surface area contributed by atoms with Gasteiger partial charge in [0.15, 0.2) is 5.78 Å². The van der Waals surface area contributed by atoms with Crippen LogP contribution in [0.2, 0.25) is 0 Å². The Morgan fingerprint density at radius 1 is 0.976 bits per heavy atom. The second kappa shape index (κ2) is 13.4. The van der Waals surface area contributed by atoms with Crippen LogP contribution < -0.4 is 10.6 Å². The number of halogens is 1. The zero-order chi connectivity index (χ0) is 30.4. The number of piperidine rings is 2. The maximum atomic E-state index is 13.9. The van der Waals surface area contributed by atoms with Gasteiger partial charge in [-0.1, -0.05) is 24.3 Å². The van der Waals surface area contributed by atoms with Gasteiger partial charge in [0.1, 0.15) is 11.4 Å². The number of nitrogens with one attached hydrogen (secondary N) is 2. The maximum Gasteiger partial charge on any atom is 0.410 e. The lowest BCUT2D eigenvalue weighted by Crippen LogP contribution is -2.59. The number of carbonyl (C=O) groups is 4. The summed E-state index contributed by atoms with van der Waals surface area (Å²) in [5.41, 5.74) is 1.27. The summed E-state index contributed by atoms with van der Waals surface area (Å²) in [6, 6.07) is 11.9. The highest BCUT2D eigenvalue weighted by Gasteiger charge is 2.40. The van der Waals surface area contributed by atoms with Crippen molar-refractivity contribution < 1.29 is 28.3 Å². The number of amides is 4. The number of hydrogen-bond acceptors (Lipinski definition) is 5. The van der Waals surface area contributed by atoms with Crippen molar-refractivity contribution in [1.82, 2.24) is 15.1 Å². The molecule has 9 nitrogen and oxygen atoms in total. The Balaban J connectivity index is 1.46. The van der Waals surface area contributed by atoms with Crippen LogP contribution in [0.25, 0.3) is 0 Å². The fourth-order valence-corrected chi connectivity index (χ4v) is 5.66. The summed E-state index contributed by atoms with van der Waals surface area (Å²) in [5.74, 6) is -0.720. The molecule has 2 aromatic carbocycles. The summed E-state index contributed by atoms with van der Waals surface area (Å²) in [6.07, 6.45) is 2.47. The molecule has 2 aromatic rings. The highest BCUT2D eigenvalue weighted by atomic mass is 19.1. The van der Waals surface area contributed by atoms with E-state index in [1.54, 1.807) is 57.2 Å². The normalized spacial score (nSPS) is 20.9. The van der Waals surface area contributed by atoms with Crippen LogP contribution in [0.3, 0.4) is 0 Å². The lowest BCUT2D eigenvalue weighted by atomic mass is 9.87. The number of anilines is 1. The molecule has 10 heteroatoms. The Morgan fingerprint density at radius 2 is 1.71 bits per heavy atom. The molecule has 2 fully saturated rings. The summed E-state index contributed by atoms with van der Waals surface area (Å²) in [7, 11) is 0. The fraction of sp³-hybridized carbons (Fsp3) is 0.500. The van der Waals surface area contributed by atoms with Gasteiger partial charge in [-0.2, -0.15) is 0 Å². The molecule has 0 aliphatic carbocycles. The molecular formula is C32H41FN4O5. The highest BCUT2D eigenvalue weighted by molar-refractivity contribution is 5.97. The number of urea groups is 1. The predicted octanol–water partition coefficient (Wildman–Crippen LogP) is 5.26. The molecule has 226 valence electrons. The summed E-state index contributed by atoms with van der Waals surface area (Å²) >= 11 is 0. The van der Waals surface area contributed by atoms with E-state index in [-0.39, 0.29) is 30.0 Å². The number of likely N-dealkylation sites (tertiary alicyclic amines) is 2. The quantitative estimate of drug-likeness (QED) is 0.454. The lowest BCUT2D eigenvalue weighted by molar-refractivity contribution is -0.139. The van der Waals surface area contributed by atoms with E-state index in [2.05, 4.69) is 10.6 Å². The maximum absolute atomic E-state index is 13.9. The zero-order valence-electron chi connectivity index (χ0n) is 24.8. The highest BCUT2D eigenvalue weighted by Crippen LogP contribution is 2.27. The van der Waals surface area contributed by atoms with Crippen molar-refractivity contribution in [1.29, 1.82) is 0 Å². The second-order valence-electron chi connectivity index (χ2n) is 12.3. The topological polar surface area (TPSA) is 108 Å². The van der Waals surface area contributed by atoms with Crippen molar-refractivity contribution >= 4 is 29.5 Å². The Kier molecular flexibility index (Phi) is 9.85. The molecule has 42 heavy (non-hydrogen) atoms. The molecule has 0 aromatic heterocycles. The molecular weight excluding hydrogens is 539 g/mol. The first-order chi connectivity index (χ1) is 19.9. The van der Waals surface area contributed by atoms with Crippen molar-refractivity contribution in [3.05, 3.63) is 65.5 Å². The standard InChI is InChI=1S/C32H41FN4O5/c1-21(38)24-8-5-9-26(18-24)34-30(40)35-28-20-37(31(41)42-32(2,3)4)16-14-27(28)29(39)36-15-6-7-23(19-36)17-22-10-12-25(33)13-11-22/h5,8-13,18,23,27-28H,6-7,14-17,19-20H2,1-4H3,(H2,34,35,40). The van der Waals surface area contributed by atoms with Gasteiger partial charge >= 0.3 is 12.1 Å². The third kappa shape index (κ3) is 8.53. The van der Waals surface area contributed by atoms with E-state index in [9.17, 15) is 23.6 Å². The van der Waals surface area contributed by atoms with Crippen LogP contribution in [0.4, 0.5) is 19.7 Å². The van der Waals surface area contributed by atoms with Gasteiger partial charge in [-0.25, -0.2) is 14.0 Å². The summed E-state index contributed by atoms with van der Waals surface area (Å²) < 4.78 is 18.9. The molecule has 2 aliphatic heterocycles. The van der Waals surface area contributed by atoms with E-state index in [1.807, 2.05) is 4.90 Å². The third-order valence-electron chi connectivity index (χ3n) is 7.69. The van der Waals surface area contributed by atoms with Crippen LogP contribution >= 0.6 is 0 Å². The molecule has 0 radical (unpaired) electrons. The molecule has 0 spiro atoms. The van der Waals surface area contributed by atoms with Gasteiger partial charge in [0.25, 0.3) is 0 Å². The van der Waals surface area contributed by atoms with E-state index < -0.39 is 29.7 Å². The number of ketones is 1. The molecule has 2 saturated heterocycles. The van der Waals surface area contributed by atoms with Crippen LogP contribution in [-0.2, 0) is 16.0 Å². The first-order valence-corrected chi connectivity index (χ1v) is 14.6. The molecule has 2 aliphatic rings. The number of hydrogen-bond donors (Lipinski definition) is 2. The minimum atomic E-state index is -0.681. The number of carbonyl (C=O) groups excluding carboxylic acids is 4. The van der Waals surface area contributed by atoms with E-state index in [0.717, 1.165) is 24.8 Å². The van der Waals surface area contributed by atoms with E-state index in [1.165, 1.54) is 24.0 Å². The van der Waals surface area contributed by atoms with Crippen LogP contribution in [0.15, 0.2) is 48.5 Å². The summed E-state index contributed by atoms with van der Waals surface area (Å²) in [5, 5.41) is 5.68. The number of nitrogens with zero attached hydrogens (tertiary/aromatic N) is 2. The van der Waals surface area contributed by atoms with Crippen LogP contribution in [0.5, 0.6) is 0 Å². The first kappa shape index (κ1) is 31.0. The smallest absolute Gasteiger partial charge is 0.410 e. The van der Waals surface area contributed by atoms with Crippen LogP contribution in [-0.4, -0.2) is 71.4 Å². The van der Waals surface area contributed by atoms with E-state index in [4.69, 9.17) is 4.74 Å². The second-order valence-corrected chi connectivity index (χ2v) is 12.3. The van der Waals surface area contributed by atoms with Crippen molar-refractivity contribution in [2.45, 2.75) is 65.0 Å². The number of benzene rings is 2. The minimum absolute atomic E-state index is 0.0495. The molecule has 3 atom stereocenters. The zero-order valence-corrected chi connectivity index (χ0v) is 24.8. The Hall–Kier alpha value is -3.95. The molecule has 4 rings (SSSR count). The Labute approximate surface area is 246 Å². The minimum Gasteiger partial charge on any atom is -0.444 e. The Morgan fingerprint density at radius 3 is 2.40 bits per heavy atom. The summed E-state index contributed by atoms with van der Waals surface area (Å²) in [4.78, 5) is 55.1. The van der Waals surface area contributed by atoms with Gasteiger partial charge < -0.3 is 25.2 Å². The van der Waals surface area contributed by atoms with Crippen LogP contribution in [0.1, 0.15) is 62.9 Å². The van der Waals surface area contributed by atoms with Crippen molar-refractivity contribution in [3.8, 4) is 0 Å². The van der Waals surface area contributed by atoms with Gasteiger partial charge in [-0.15, -0.1) is 0 Å². The number of Topliss-reactive ketones (excluding diaryl/α,β-unsaturated/α-hetero) is 1. The largest absolute Gasteiger partial charge is 0.444 e. The molecule has 3 unspecified atom stereocenters.